The summed E-state index contributed by atoms with van der Waals surface area (Å²) in [6.45, 7) is 6.65. The lowest BCUT2D eigenvalue weighted by Gasteiger charge is -2.45. The van der Waals surface area contributed by atoms with Gasteiger partial charge < -0.3 is 10.2 Å². The smallest absolute Gasteiger partial charge is 0.237 e. The molecule has 3 aromatic rings. The van der Waals surface area contributed by atoms with Gasteiger partial charge in [0.25, 0.3) is 0 Å². The average molecular weight is 489 g/mol. The van der Waals surface area contributed by atoms with Gasteiger partial charge in [0.05, 0.1) is 12.7 Å². The molecule has 0 aliphatic carbocycles. The highest BCUT2D eigenvalue weighted by atomic mass is 28.2. The summed E-state index contributed by atoms with van der Waals surface area (Å²) in [5, 5.41) is -0.0374. The lowest BCUT2D eigenvalue weighted by atomic mass is 9.79. The number of Topliss-reactive ketones (excluding diaryl/α,β-unsaturated/α-hetero) is 1. The summed E-state index contributed by atoms with van der Waals surface area (Å²) in [5.41, 5.74) is 8.38. The Morgan fingerprint density at radius 1 is 0.943 bits per heavy atom. The van der Waals surface area contributed by atoms with E-state index in [-0.39, 0.29) is 45.2 Å². The number of benzene rings is 3. The number of hydrogen-bond donors (Lipinski definition) is 1. The molecule has 0 amide bonds. The zero-order chi connectivity index (χ0) is 25.1. The van der Waals surface area contributed by atoms with E-state index in [0.717, 1.165) is 24.0 Å². The summed E-state index contributed by atoms with van der Waals surface area (Å²) in [5.74, 6) is -0.443. The molecule has 1 fully saturated rings. The van der Waals surface area contributed by atoms with Crippen molar-refractivity contribution in [3.63, 3.8) is 0 Å². The van der Waals surface area contributed by atoms with Gasteiger partial charge in [-0.2, -0.15) is 0 Å². The van der Waals surface area contributed by atoms with Gasteiger partial charge in [0, 0.05) is 11.6 Å². The van der Waals surface area contributed by atoms with E-state index in [9.17, 15) is 9.18 Å². The lowest BCUT2D eigenvalue weighted by molar-refractivity contribution is 0.00891. The van der Waals surface area contributed by atoms with Gasteiger partial charge in [0.1, 0.15) is 11.4 Å². The third-order valence-corrected chi connectivity index (χ3v) is 7.48. The van der Waals surface area contributed by atoms with E-state index in [4.69, 9.17) is 10.2 Å². The maximum atomic E-state index is 13.4. The largest absolute Gasteiger partial charge is 0.402 e. The minimum atomic E-state index is -0.800. The Morgan fingerprint density at radius 3 is 2.00 bits per heavy atom. The predicted molar refractivity (Wildman–Crippen MR) is 139 cm³/mol. The van der Waals surface area contributed by atoms with Crippen LogP contribution < -0.4 is 5.73 Å². The zero-order valence-electron chi connectivity index (χ0n) is 20.6. The van der Waals surface area contributed by atoms with Crippen LogP contribution in [-0.2, 0) is 10.0 Å². The molecule has 2 N–H and O–H groups in total. The number of carbonyl (C=O) groups excluding carboxylic acids is 1. The van der Waals surface area contributed by atoms with E-state index >= 15 is 0 Å². The fourth-order valence-corrected chi connectivity index (χ4v) is 5.63. The number of hydrogen-bond acceptors (Lipinski definition) is 4. The average Bonchev–Trinajstić information content (AvgIpc) is 3.21. The lowest BCUT2D eigenvalue weighted by Crippen LogP contribution is -2.55. The Labute approximate surface area is 210 Å². The molecule has 35 heavy (non-hydrogen) atoms. The van der Waals surface area contributed by atoms with E-state index in [0.29, 0.717) is 5.56 Å². The molecule has 4 rings (SSSR count). The fourth-order valence-electron chi connectivity index (χ4n) is 4.79. The summed E-state index contributed by atoms with van der Waals surface area (Å²) >= 11 is 0. The molecule has 1 aliphatic heterocycles. The van der Waals surface area contributed by atoms with Crippen molar-refractivity contribution in [2.24, 2.45) is 5.73 Å². The van der Waals surface area contributed by atoms with Crippen LogP contribution in [0.25, 0.3) is 0 Å². The fraction of sp³-hybridized carbons (Fsp3) is 0.345. The molecule has 6 heteroatoms. The SMILES string of the molecule is CC(C)(C)[Si]OC(c1ccccc1)(c1ccccc1)C1CC[C@H](N)N1CC(=O)c1ccc(F)cc1. The van der Waals surface area contributed by atoms with Crippen molar-refractivity contribution in [1.82, 2.24) is 4.90 Å². The van der Waals surface area contributed by atoms with Gasteiger partial charge in [0.15, 0.2) is 5.78 Å². The molecule has 0 saturated carbocycles. The third kappa shape index (κ3) is 5.62. The highest BCUT2D eigenvalue weighted by Gasteiger charge is 2.50. The Balaban J connectivity index is 1.80. The molecular formula is C29H33FN2O2Si. The van der Waals surface area contributed by atoms with Crippen LogP contribution >= 0.6 is 0 Å². The number of likely N-dealkylation sites (tertiary alicyclic amines) is 1. The molecule has 2 radical (unpaired) electrons. The second kappa shape index (κ2) is 10.5. The molecule has 3 aromatic carbocycles. The second-order valence-corrected chi connectivity index (χ2v) is 12.1. The molecule has 1 heterocycles. The van der Waals surface area contributed by atoms with Crippen LogP contribution in [0, 0.1) is 5.82 Å². The summed E-state index contributed by atoms with van der Waals surface area (Å²) in [6.07, 6.45) is 1.26. The molecule has 1 saturated heterocycles. The van der Waals surface area contributed by atoms with Crippen molar-refractivity contribution in [3.8, 4) is 0 Å². The maximum Gasteiger partial charge on any atom is 0.237 e. The Bertz CT molecular complexity index is 1080. The monoisotopic (exact) mass is 488 g/mol. The maximum absolute atomic E-state index is 13.4. The van der Waals surface area contributed by atoms with E-state index in [2.05, 4.69) is 49.9 Å². The summed E-state index contributed by atoms with van der Waals surface area (Å²) < 4.78 is 20.4. The van der Waals surface area contributed by atoms with Gasteiger partial charge in [-0.25, -0.2) is 4.39 Å². The van der Waals surface area contributed by atoms with Gasteiger partial charge in [-0.3, -0.25) is 9.69 Å². The van der Waals surface area contributed by atoms with E-state index in [1.165, 1.54) is 24.3 Å². The molecular weight excluding hydrogens is 455 g/mol. The quantitative estimate of drug-likeness (QED) is 0.333. The van der Waals surface area contributed by atoms with E-state index < -0.39 is 5.60 Å². The molecule has 2 atom stereocenters. The van der Waals surface area contributed by atoms with Crippen molar-refractivity contribution < 1.29 is 13.6 Å². The first-order chi connectivity index (χ1) is 16.7. The van der Waals surface area contributed by atoms with Crippen molar-refractivity contribution in [2.75, 3.05) is 6.54 Å². The highest BCUT2D eigenvalue weighted by Crippen LogP contribution is 2.45. The standard InChI is InChI=1S/C29H33FN2O2Si/c1-28(2,3)35-34-29(22-10-6-4-7-11-22,23-12-8-5-9-13-23)26-18-19-27(31)32(26)20-25(33)21-14-16-24(30)17-15-21/h4-17,26-27H,18-20,31H2,1-3H3/t26?,27-/m1/s1. The van der Waals surface area contributed by atoms with Crippen molar-refractivity contribution in [1.29, 1.82) is 0 Å². The normalized spacial score (nSPS) is 19.1. The Morgan fingerprint density at radius 2 is 1.49 bits per heavy atom. The first kappa shape index (κ1) is 25.4. The van der Waals surface area contributed by atoms with Gasteiger partial charge in [-0.1, -0.05) is 81.4 Å². The minimum Gasteiger partial charge on any atom is -0.402 e. The summed E-state index contributed by atoms with van der Waals surface area (Å²) in [7, 11) is 0.226. The molecule has 0 aromatic heterocycles. The van der Waals surface area contributed by atoms with Gasteiger partial charge in [-0.15, -0.1) is 0 Å². The van der Waals surface area contributed by atoms with Crippen LogP contribution in [0.1, 0.15) is 55.1 Å². The van der Waals surface area contributed by atoms with Crippen molar-refractivity contribution in [2.45, 2.75) is 56.5 Å². The first-order valence-corrected chi connectivity index (χ1v) is 13.0. The van der Waals surface area contributed by atoms with Crippen LogP contribution in [0.5, 0.6) is 0 Å². The number of nitrogens with two attached hydrogens (primary N) is 1. The van der Waals surface area contributed by atoms with Crippen LogP contribution in [-0.4, -0.2) is 39.2 Å². The van der Waals surface area contributed by atoms with Gasteiger partial charge in [0.2, 0.25) is 9.76 Å². The van der Waals surface area contributed by atoms with Crippen LogP contribution in [0.2, 0.25) is 5.04 Å². The molecule has 0 spiro atoms. The van der Waals surface area contributed by atoms with Gasteiger partial charge >= 0.3 is 0 Å². The number of nitrogens with zero attached hydrogens (tertiary/aromatic N) is 1. The van der Waals surface area contributed by atoms with E-state index in [1.54, 1.807) is 0 Å². The topological polar surface area (TPSA) is 55.6 Å². The Hall–Kier alpha value is -2.64. The minimum absolute atomic E-state index is 0.0374. The molecule has 1 aliphatic rings. The van der Waals surface area contributed by atoms with Crippen molar-refractivity contribution >= 4 is 15.5 Å². The van der Waals surface area contributed by atoms with Gasteiger partial charge in [-0.05, 0) is 53.3 Å². The highest BCUT2D eigenvalue weighted by molar-refractivity contribution is 6.32. The molecule has 182 valence electrons. The van der Waals surface area contributed by atoms with E-state index in [1.807, 2.05) is 36.4 Å². The number of rotatable bonds is 8. The van der Waals surface area contributed by atoms with Crippen LogP contribution in [0.15, 0.2) is 84.9 Å². The summed E-state index contributed by atoms with van der Waals surface area (Å²) in [6, 6.07) is 26.1. The predicted octanol–water partition coefficient (Wildman–Crippen LogP) is 5.56. The zero-order valence-corrected chi connectivity index (χ0v) is 21.6. The number of carbonyl (C=O) groups is 1. The number of ketones is 1. The third-order valence-electron chi connectivity index (χ3n) is 6.45. The molecule has 1 unspecified atom stereocenters. The van der Waals surface area contributed by atoms with Crippen molar-refractivity contribution in [3.05, 3.63) is 107 Å². The van der Waals surface area contributed by atoms with Crippen LogP contribution in [0.4, 0.5) is 4.39 Å². The second-order valence-electron chi connectivity index (χ2n) is 10.2. The molecule has 0 bridgehead atoms. The first-order valence-electron chi connectivity index (χ1n) is 12.1. The van der Waals surface area contributed by atoms with Crippen LogP contribution in [0.3, 0.4) is 0 Å². The number of halogens is 1. The summed E-state index contributed by atoms with van der Waals surface area (Å²) in [4.78, 5) is 15.3. The Kier molecular flexibility index (Phi) is 7.67. The molecule has 4 nitrogen and oxygen atoms in total.